The summed E-state index contributed by atoms with van der Waals surface area (Å²) < 4.78 is 1.75. The van der Waals surface area contributed by atoms with Crippen LogP contribution in [-0.2, 0) is 0 Å². The van der Waals surface area contributed by atoms with Crippen molar-refractivity contribution in [1.29, 1.82) is 0 Å². The van der Waals surface area contributed by atoms with Crippen LogP contribution >= 0.6 is 0 Å². The third-order valence-corrected chi connectivity index (χ3v) is 5.71. The van der Waals surface area contributed by atoms with E-state index in [-0.39, 0.29) is 5.91 Å². The lowest BCUT2D eigenvalue weighted by atomic mass is 9.49. The summed E-state index contributed by atoms with van der Waals surface area (Å²) in [5.74, 6) is 0.0274. The van der Waals surface area contributed by atoms with E-state index in [9.17, 15) is 4.79 Å². The second-order valence-corrected chi connectivity index (χ2v) is 6.91. The average molecular weight is 298 g/mol. The Morgan fingerprint density at radius 2 is 2.23 bits per heavy atom. The molecule has 2 aliphatic carbocycles. The van der Waals surface area contributed by atoms with Crippen LogP contribution in [0.3, 0.4) is 0 Å². The van der Waals surface area contributed by atoms with Gasteiger partial charge >= 0.3 is 0 Å². The van der Waals surface area contributed by atoms with Gasteiger partial charge in [-0.1, -0.05) is 6.42 Å². The molecule has 2 aliphatic rings. The third-order valence-electron chi connectivity index (χ3n) is 5.71. The van der Waals surface area contributed by atoms with Crippen molar-refractivity contribution in [3.63, 3.8) is 0 Å². The van der Waals surface area contributed by atoms with E-state index in [4.69, 9.17) is 0 Å². The third kappa shape index (κ3) is 1.81. The SMILES string of the molecule is CN(C)C1CC(NC(=O)c2cccn3nccc23)C12CCC2. The molecule has 1 N–H and O–H groups in total. The van der Waals surface area contributed by atoms with Crippen LogP contribution < -0.4 is 5.32 Å². The number of carbonyl (C=O) groups is 1. The van der Waals surface area contributed by atoms with Crippen LogP contribution in [0.25, 0.3) is 5.52 Å². The van der Waals surface area contributed by atoms with Crippen LogP contribution in [0, 0.1) is 5.41 Å². The van der Waals surface area contributed by atoms with Crippen LogP contribution in [0.15, 0.2) is 30.6 Å². The number of carbonyl (C=O) groups excluding carboxylic acids is 1. The highest BCUT2D eigenvalue weighted by Crippen LogP contribution is 2.57. The fraction of sp³-hybridized carbons (Fsp3) is 0.529. The first kappa shape index (κ1) is 13.8. The van der Waals surface area contributed by atoms with E-state index >= 15 is 0 Å². The standard InChI is InChI=1S/C17H22N4O/c1-20(2)15-11-14(17(15)7-4-8-17)19-16(22)12-5-3-10-21-13(12)6-9-18-21/h3,5-6,9-10,14-15H,4,7-8,11H2,1-2H3,(H,19,22). The normalized spacial score (nSPS) is 26.0. The molecule has 4 rings (SSSR count). The first-order valence-electron chi connectivity index (χ1n) is 8.01. The van der Waals surface area contributed by atoms with Crippen molar-refractivity contribution in [3.8, 4) is 0 Å². The van der Waals surface area contributed by atoms with Gasteiger partial charge in [0, 0.05) is 23.7 Å². The molecule has 0 aromatic carbocycles. The number of fused-ring (bicyclic) bond motifs is 1. The van der Waals surface area contributed by atoms with Crippen molar-refractivity contribution in [2.45, 2.75) is 37.8 Å². The van der Waals surface area contributed by atoms with Gasteiger partial charge in [0.15, 0.2) is 0 Å². The molecular formula is C17H22N4O. The van der Waals surface area contributed by atoms with Crippen molar-refractivity contribution < 1.29 is 4.79 Å². The largest absolute Gasteiger partial charge is 0.349 e. The summed E-state index contributed by atoms with van der Waals surface area (Å²) in [5.41, 5.74) is 1.89. The molecule has 0 aliphatic heterocycles. The number of aromatic nitrogens is 2. The molecule has 2 atom stereocenters. The Balaban J connectivity index is 1.55. The van der Waals surface area contributed by atoms with Crippen LogP contribution in [0.1, 0.15) is 36.0 Å². The van der Waals surface area contributed by atoms with E-state index in [1.165, 1.54) is 19.3 Å². The smallest absolute Gasteiger partial charge is 0.253 e. The molecule has 2 heterocycles. The number of rotatable bonds is 3. The zero-order valence-electron chi connectivity index (χ0n) is 13.1. The highest BCUT2D eigenvalue weighted by atomic mass is 16.1. The molecule has 1 spiro atoms. The Bertz CT molecular complexity index is 716. The van der Waals surface area contributed by atoms with Gasteiger partial charge in [-0.3, -0.25) is 4.79 Å². The summed E-state index contributed by atoms with van der Waals surface area (Å²) in [5, 5.41) is 7.48. The zero-order chi connectivity index (χ0) is 15.3. The topological polar surface area (TPSA) is 49.6 Å². The Morgan fingerprint density at radius 3 is 2.91 bits per heavy atom. The summed E-state index contributed by atoms with van der Waals surface area (Å²) in [6.07, 6.45) is 8.40. The zero-order valence-corrected chi connectivity index (χ0v) is 13.1. The van der Waals surface area contributed by atoms with E-state index in [2.05, 4.69) is 29.4 Å². The maximum atomic E-state index is 12.7. The van der Waals surface area contributed by atoms with Gasteiger partial charge in [0.25, 0.3) is 5.91 Å². The van der Waals surface area contributed by atoms with Crippen molar-refractivity contribution in [2.75, 3.05) is 14.1 Å². The van der Waals surface area contributed by atoms with Crippen LogP contribution in [0.2, 0.25) is 0 Å². The Labute approximate surface area is 130 Å². The fourth-order valence-corrected chi connectivity index (χ4v) is 4.34. The molecule has 2 fully saturated rings. The monoisotopic (exact) mass is 298 g/mol. The molecule has 5 heteroatoms. The Morgan fingerprint density at radius 1 is 1.41 bits per heavy atom. The van der Waals surface area contributed by atoms with E-state index in [0.717, 1.165) is 11.9 Å². The highest BCUT2D eigenvalue weighted by Gasteiger charge is 2.59. The first-order valence-corrected chi connectivity index (χ1v) is 8.01. The molecule has 0 bridgehead atoms. The number of nitrogens with one attached hydrogen (secondary N) is 1. The van der Waals surface area contributed by atoms with E-state index in [1.807, 2.05) is 24.4 Å². The van der Waals surface area contributed by atoms with Crippen LogP contribution in [0.5, 0.6) is 0 Å². The van der Waals surface area contributed by atoms with Gasteiger partial charge in [0.2, 0.25) is 0 Å². The van der Waals surface area contributed by atoms with Gasteiger partial charge in [-0.2, -0.15) is 5.10 Å². The molecule has 22 heavy (non-hydrogen) atoms. The van der Waals surface area contributed by atoms with E-state index < -0.39 is 0 Å². The van der Waals surface area contributed by atoms with Gasteiger partial charge in [0.05, 0.1) is 17.3 Å². The van der Waals surface area contributed by atoms with Crippen LogP contribution in [-0.4, -0.2) is 46.6 Å². The van der Waals surface area contributed by atoms with Crippen molar-refractivity contribution in [3.05, 3.63) is 36.2 Å². The number of amides is 1. The maximum absolute atomic E-state index is 12.7. The van der Waals surface area contributed by atoms with Gasteiger partial charge < -0.3 is 10.2 Å². The summed E-state index contributed by atoms with van der Waals surface area (Å²) in [6.45, 7) is 0. The molecule has 2 aromatic rings. The van der Waals surface area contributed by atoms with E-state index in [0.29, 0.717) is 23.1 Å². The van der Waals surface area contributed by atoms with Gasteiger partial charge in [-0.05, 0) is 51.6 Å². The van der Waals surface area contributed by atoms with Crippen molar-refractivity contribution >= 4 is 11.4 Å². The highest BCUT2D eigenvalue weighted by molar-refractivity contribution is 6.00. The van der Waals surface area contributed by atoms with E-state index in [1.54, 1.807) is 10.7 Å². The second kappa shape index (κ2) is 4.81. The molecule has 1 amide bonds. The molecule has 2 aromatic heterocycles. The number of pyridine rings is 1. The number of hydrogen-bond donors (Lipinski definition) is 1. The van der Waals surface area contributed by atoms with Crippen molar-refractivity contribution in [1.82, 2.24) is 19.8 Å². The minimum atomic E-state index is 0.0274. The molecule has 5 nitrogen and oxygen atoms in total. The molecular weight excluding hydrogens is 276 g/mol. The number of nitrogens with zero attached hydrogens (tertiary/aromatic N) is 3. The molecule has 0 saturated heterocycles. The predicted molar refractivity (Wildman–Crippen MR) is 84.8 cm³/mol. The first-order chi connectivity index (χ1) is 10.6. The lowest BCUT2D eigenvalue weighted by Crippen LogP contribution is -2.70. The average Bonchev–Trinajstić information content (AvgIpc) is 2.88. The number of hydrogen-bond acceptors (Lipinski definition) is 3. The lowest BCUT2D eigenvalue weighted by Gasteiger charge is -2.63. The minimum Gasteiger partial charge on any atom is -0.349 e. The summed E-state index contributed by atoms with van der Waals surface area (Å²) in [4.78, 5) is 15.0. The molecule has 116 valence electrons. The van der Waals surface area contributed by atoms with Gasteiger partial charge in [-0.25, -0.2) is 4.52 Å². The maximum Gasteiger partial charge on any atom is 0.253 e. The van der Waals surface area contributed by atoms with Gasteiger partial charge in [0.1, 0.15) is 0 Å². The predicted octanol–water partition coefficient (Wildman–Crippen LogP) is 1.94. The molecule has 2 unspecified atom stereocenters. The molecule has 0 radical (unpaired) electrons. The minimum absolute atomic E-state index is 0.0274. The fourth-order valence-electron chi connectivity index (χ4n) is 4.34. The van der Waals surface area contributed by atoms with Crippen molar-refractivity contribution in [2.24, 2.45) is 5.41 Å². The summed E-state index contributed by atoms with van der Waals surface area (Å²) >= 11 is 0. The summed E-state index contributed by atoms with van der Waals surface area (Å²) in [6, 6.07) is 6.55. The van der Waals surface area contributed by atoms with Gasteiger partial charge in [-0.15, -0.1) is 0 Å². The quantitative estimate of drug-likeness (QED) is 0.942. The second-order valence-electron chi connectivity index (χ2n) is 6.91. The lowest BCUT2D eigenvalue weighted by molar-refractivity contribution is -0.0963. The Kier molecular flexibility index (Phi) is 3.01. The summed E-state index contributed by atoms with van der Waals surface area (Å²) in [7, 11) is 4.30. The van der Waals surface area contributed by atoms with Crippen LogP contribution in [0.4, 0.5) is 0 Å². The molecule has 2 saturated carbocycles. The Hall–Kier alpha value is -1.88.